The molecule has 0 bridgehead atoms. The highest BCUT2D eigenvalue weighted by Gasteiger charge is 2.21. The van der Waals surface area contributed by atoms with Crippen molar-refractivity contribution in [2.24, 2.45) is 0 Å². The minimum atomic E-state index is 0.269. The van der Waals surface area contributed by atoms with Gasteiger partial charge in [0.2, 0.25) is 5.95 Å². The predicted octanol–water partition coefficient (Wildman–Crippen LogP) is 1.56. The van der Waals surface area contributed by atoms with Crippen molar-refractivity contribution >= 4 is 34.3 Å². The second-order valence-electron chi connectivity index (χ2n) is 4.55. The molecule has 0 aliphatic carbocycles. The zero-order chi connectivity index (χ0) is 12.8. The third-order valence-electron chi connectivity index (χ3n) is 3.39. The number of fused-ring (bicyclic) bond motifs is 2. The highest BCUT2D eigenvalue weighted by molar-refractivity contribution is 7.10. The Morgan fingerprint density at radius 1 is 1.37 bits per heavy atom. The zero-order valence-corrected chi connectivity index (χ0v) is 10.9. The number of nitrogen functional groups attached to an aromatic ring is 1. The van der Waals surface area contributed by atoms with Crippen molar-refractivity contribution in [2.75, 3.05) is 17.2 Å². The minimum Gasteiger partial charge on any atom is -0.368 e. The Morgan fingerprint density at radius 2 is 2.32 bits per heavy atom. The molecule has 3 aromatic rings. The van der Waals surface area contributed by atoms with Gasteiger partial charge in [-0.1, -0.05) is 0 Å². The number of thiophene rings is 1. The summed E-state index contributed by atoms with van der Waals surface area (Å²) < 4.78 is 0. The molecule has 3 N–H and O–H groups in total. The molecular weight excluding hydrogens is 260 g/mol. The molecule has 7 heteroatoms. The zero-order valence-electron chi connectivity index (χ0n) is 10.1. The lowest BCUT2D eigenvalue weighted by molar-refractivity contribution is 0.734. The van der Waals surface area contributed by atoms with E-state index in [0.717, 1.165) is 30.8 Å². The summed E-state index contributed by atoms with van der Waals surface area (Å²) >= 11 is 1.83. The summed E-state index contributed by atoms with van der Waals surface area (Å²) in [4.78, 5) is 19.5. The van der Waals surface area contributed by atoms with Gasteiger partial charge in [0.15, 0.2) is 11.5 Å². The normalized spacial score (nSPS) is 14.8. The number of anilines is 2. The van der Waals surface area contributed by atoms with Gasteiger partial charge in [-0.25, -0.2) is 4.98 Å². The van der Waals surface area contributed by atoms with Crippen LogP contribution in [0.5, 0.6) is 0 Å². The average molecular weight is 272 g/mol. The first kappa shape index (κ1) is 10.7. The highest BCUT2D eigenvalue weighted by atomic mass is 32.1. The maximum atomic E-state index is 5.76. The molecule has 0 unspecified atom stereocenters. The molecule has 4 heterocycles. The molecule has 1 aliphatic heterocycles. The summed E-state index contributed by atoms with van der Waals surface area (Å²) in [7, 11) is 0. The molecule has 4 rings (SSSR count). The second kappa shape index (κ2) is 3.92. The number of aromatic nitrogens is 4. The van der Waals surface area contributed by atoms with Crippen LogP contribution in [0.3, 0.4) is 0 Å². The maximum absolute atomic E-state index is 5.76. The number of rotatable bonds is 1. The standard InChI is InChI=1S/C12H12N6S/c13-12-16-10-9(14-6-15-10)11(17-12)18-3-1-8-7(5-18)2-4-19-8/h2,4,6H,1,3,5H2,(H3,13,14,15,16,17). The molecule has 0 spiro atoms. The Kier molecular flexibility index (Phi) is 2.22. The monoisotopic (exact) mass is 272 g/mol. The quantitative estimate of drug-likeness (QED) is 0.702. The van der Waals surface area contributed by atoms with Crippen LogP contribution in [0, 0.1) is 0 Å². The molecule has 0 fully saturated rings. The minimum absolute atomic E-state index is 0.269. The van der Waals surface area contributed by atoms with Crippen LogP contribution in [0.1, 0.15) is 10.4 Å². The Balaban J connectivity index is 1.81. The van der Waals surface area contributed by atoms with Gasteiger partial charge in [0.25, 0.3) is 0 Å². The molecule has 0 aromatic carbocycles. The fourth-order valence-corrected chi connectivity index (χ4v) is 3.38. The molecule has 96 valence electrons. The number of nitrogens with one attached hydrogen (secondary N) is 1. The van der Waals surface area contributed by atoms with E-state index in [1.54, 1.807) is 6.33 Å². The molecular formula is C12H12N6S. The molecule has 1 aliphatic rings. The van der Waals surface area contributed by atoms with Crippen LogP contribution < -0.4 is 10.6 Å². The van der Waals surface area contributed by atoms with Crippen molar-refractivity contribution in [3.63, 3.8) is 0 Å². The number of H-pyrrole nitrogens is 1. The van der Waals surface area contributed by atoms with Crippen LogP contribution in [0.15, 0.2) is 17.8 Å². The Hall–Kier alpha value is -2.15. The smallest absolute Gasteiger partial charge is 0.224 e. The molecule has 0 saturated carbocycles. The van der Waals surface area contributed by atoms with Crippen molar-refractivity contribution in [1.29, 1.82) is 0 Å². The topological polar surface area (TPSA) is 83.7 Å². The Labute approximate surface area is 113 Å². The number of aromatic amines is 1. The van der Waals surface area contributed by atoms with E-state index in [9.17, 15) is 0 Å². The number of imidazole rings is 1. The first-order valence-corrected chi connectivity index (χ1v) is 6.96. The maximum Gasteiger partial charge on any atom is 0.224 e. The van der Waals surface area contributed by atoms with E-state index in [4.69, 9.17) is 5.73 Å². The molecule has 0 radical (unpaired) electrons. The fraction of sp³-hybridized carbons (Fsp3) is 0.250. The molecule has 6 nitrogen and oxygen atoms in total. The van der Waals surface area contributed by atoms with Crippen molar-refractivity contribution in [3.8, 4) is 0 Å². The number of nitrogens with zero attached hydrogens (tertiary/aromatic N) is 4. The van der Waals surface area contributed by atoms with Gasteiger partial charge in [0, 0.05) is 18.0 Å². The first-order valence-electron chi connectivity index (χ1n) is 6.08. The Morgan fingerprint density at radius 3 is 3.26 bits per heavy atom. The fourth-order valence-electron chi connectivity index (χ4n) is 2.49. The first-order chi connectivity index (χ1) is 9.31. The summed E-state index contributed by atoms with van der Waals surface area (Å²) in [5.41, 5.74) is 8.62. The lowest BCUT2D eigenvalue weighted by Crippen LogP contribution is -2.30. The van der Waals surface area contributed by atoms with E-state index in [2.05, 4.69) is 36.3 Å². The lowest BCUT2D eigenvalue weighted by atomic mass is 10.1. The summed E-state index contributed by atoms with van der Waals surface area (Å²) in [6.45, 7) is 1.81. The van der Waals surface area contributed by atoms with Crippen LogP contribution in [0.4, 0.5) is 11.8 Å². The highest BCUT2D eigenvalue weighted by Crippen LogP contribution is 2.29. The van der Waals surface area contributed by atoms with Crippen molar-refractivity contribution in [2.45, 2.75) is 13.0 Å². The predicted molar refractivity (Wildman–Crippen MR) is 75.2 cm³/mol. The average Bonchev–Trinajstić information content (AvgIpc) is 3.04. The number of hydrogen-bond donors (Lipinski definition) is 2. The van der Waals surface area contributed by atoms with Crippen molar-refractivity contribution in [3.05, 3.63) is 28.2 Å². The van der Waals surface area contributed by atoms with Crippen LogP contribution in [0.25, 0.3) is 11.2 Å². The molecule has 3 aromatic heterocycles. The van der Waals surface area contributed by atoms with Gasteiger partial charge < -0.3 is 15.6 Å². The van der Waals surface area contributed by atoms with Crippen LogP contribution in [-0.4, -0.2) is 26.5 Å². The van der Waals surface area contributed by atoms with E-state index in [-0.39, 0.29) is 5.95 Å². The number of hydrogen-bond acceptors (Lipinski definition) is 6. The van der Waals surface area contributed by atoms with Gasteiger partial charge in [-0.15, -0.1) is 11.3 Å². The van der Waals surface area contributed by atoms with Gasteiger partial charge in [-0.05, 0) is 23.4 Å². The van der Waals surface area contributed by atoms with E-state index in [0.29, 0.717) is 5.65 Å². The molecule has 0 atom stereocenters. The SMILES string of the molecule is Nc1nc(N2CCc3sccc3C2)c2[nH]cnc2n1. The summed E-state index contributed by atoms with van der Waals surface area (Å²) in [5.74, 6) is 1.11. The van der Waals surface area contributed by atoms with Gasteiger partial charge in [-0.2, -0.15) is 9.97 Å². The van der Waals surface area contributed by atoms with E-state index < -0.39 is 0 Å². The largest absolute Gasteiger partial charge is 0.368 e. The van der Waals surface area contributed by atoms with Crippen LogP contribution in [0.2, 0.25) is 0 Å². The number of nitrogens with two attached hydrogens (primary N) is 1. The van der Waals surface area contributed by atoms with Gasteiger partial charge in [-0.3, -0.25) is 0 Å². The van der Waals surface area contributed by atoms with Gasteiger partial charge >= 0.3 is 0 Å². The molecule has 0 saturated heterocycles. The van der Waals surface area contributed by atoms with Crippen molar-refractivity contribution < 1.29 is 0 Å². The van der Waals surface area contributed by atoms with Crippen LogP contribution in [-0.2, 0) is 13.0 Å². The van der Waals surface area contributed by atoms with E-state index in [1.165, 1.54) is 10.4 Å². The van der Waals surface area contributed by atoms with Crippen molar-refractivity contribution in [1.82, 2.24) is 19.9 Å². The van der Waals surface area contributed by atoms with E-state index >= 15 is 0 Å². The summed E-state index contributed by atoms with van der Waals surface area (Å²) in [5, 5.41) is 2.15. The second-order valence-corrected chi connectivity index (χ2v) is 5.55. The Bertz CT molecular complexity index is 746. The third-order valence-corrected chi connectivity index (χ3v) is 4.41. The van der Waals surface area contributed by atoms with Crippen LogP contribution >= 0.6 is 11.3 Å². The van der Waals surface area contributed by atoms with E-state index in [1.807, 2.05) is 11.3 Å². The van der Waals surface area contributed by atoms with Gasteiger partial charge in [0.1, 0.15) is 5.52 Å². The molecule has 0 amide bonds. The summed E-state index contributed by atoms with van der Waals surface area (Å²) in [6.07, 6.45) is 2.68. The molecule has 19 heavy (non-hydrogen) atoms. The summed E-state index contributed by atoms with van der Waals surface area (Å²) in [6, 6.07) is 2.18. The van der Waals surface area contributed by atoms with Gasteiger partial charge in [0.05, 0.1) is 6.33 Å². The third kappa shape index (κ3) is 1.66. The lowest BCUT2D eigenvalue weighted by Gasteiger charge is -2.28.